The monoisotopic (exact) mass is 258 g/mol. The van der Waals surface area contributed by atoms with Crippen molar-refractivity contribution in [1.29, 1.82) is 10.5 Å². The molecule has 0 aromatic heterocycles. The van der Waals surface area contributed by atoms with Crippen LogP contribution >= 0.6 is 11.6 Å². The molecule has 1 rings (SSSR count). The standard InChI is InChI=1S/C15H15ClN2/c1-4-8-15(10-17,11-18)14(2,3)12-6-5-7-13(16)9-12/h4-7,9H,1,8H2,2-3H3. The summed E-state index contributed by atoms with van der Waals surface area (Å²) in [6.07, 6.45) is 1.93. The van der Waals surface area contributed by atoms with Crippen molar-refractivity contribution in [2.45, 2.75) is 25.7 Å². The summed E-state index contributed by atoms with van der Waals surface area (Å²) in [6, 6.07) is 11.6. The average Bonchev–Trinajstić information content (AvgIpc) is 2.35. The Labute approximate surface area is 113 Å². The Morgan fingerprint density at radius 1 is 1.33 bits per heavy atom. The number of hydrogen-bond donors (Lipinski definition) is 0. The van der Waals surface area contributed by atoms with Crippen LogP contribution in [0.2, 0.25) is 5.02 Å². The normalized spacial score (nSPS) is 11.4. The first-order valence-corrected chi connectivity index (χ1v) is 6.01. The van der Waals surface area contributed by atoms with E-state index < -0.39 is 10.8 Å². The van der Waals surface area contributed by atoms with Gasteiger partial charge in [0.05, 0.1) is 12.1 Å². The molecular formula is C15H15ClN2. The van der Waals surface area contributed by atoms with Crippen molar-refractivity contribution >= 4 is 11.6 Å². The molecule has 0 amide bonds. The second-order valence-electron chi connectivity index (χ2n) is 4.76. The molecule has 0 bridgehead atoms. The van der Waals surface area contributed by atoms with E-state index >= 15 is 0 Å². The van der Waals surface area contributed by atoms with Gasteiger partial charge in [0.25, 0.3) is 0 Å². The van der Waals surface area contributed by atoms with Gasteiger partial charge in [-0.15, -0.1) is 6.58 Å². The number of halogens is 1. The van der Waals surface area contributed by atoms with Gasteiger partial charge < -0.3 is 0 Å². The van der Waals surface area contributed by atoms with E-state index in [4.69, 9.17) is 11.6 Å². The molecule has 0 unspecified atom stereocenters. The summed E-state index contributed by atoms with van der Waals surface area (Å²) < 4.78 is 0. The van der Waals surface area contributed by atoms with Crippen LogP contribution in [-0.4, -0.2) is 0 Å². The zero-order valence-electron chi connectivity index (χ0n) is 10.6. The lowest BCUT2D eigenvalue weighted by atomic mass is 9.62. The van der Waals surface area contributed by atoms with Crippen molar-refractivity contribution in [1.82, 2.24) is 0 Å². The van der Waals surface area contributed by atoms with E-state index in [0.29, 0.717) is 11.4 Å². The van der Waals surface area contributed by atoms with Gasteiger partial charge >= 0.3 is 0 Å². The maximum atomic E-state index is 9.42. The zero-order chi connectivity index (χ0) is 13.8. The minimum Gasteiger partial charge on any atom is -0.197 e. The number of rotatable bonds is 4. The molecule has 0 N–H and O–H groups in total. The molecule has 3 heteroatoms. The Balaban J connectivity index is 3.40. The van der Waals surface area contributed by atoms with Gasteiger partial charge in [-0.25, -0.2) is 0 Å². The van der Waals surface area contributed by atoms with Crippen molar-refractivity contribution < 1.29 is 0 Å². The molecule has 1 aromatic carbocycles. The van der Waals surface area contributed by atoms with Gasteiger partial charge in [0.2, 0.25) is 0 Å². The molecule has 0 spiro atoms. The summed E-state index contributed by atoms with van der Waals surface area (Å²) in [5.41, 5.74) is -0.894. The van der Waals surface area contributed by atoms with Crippen molar-refractivity contribution in [3.8, 4) is 12.1 Å². The molecule has 0 atom stereocenters. The lowest BCUT2D eigenvalue weighted by Crippen LogP contribution is -2.39. The lowest BCUT2D eigenvalue weighted by Gasteiger charge is -2.36. The fourth-order valence-corrected chi connectivity index (χ4v) is 2.18. The number of allylic oxidation sites excluding steroid dienone is 1. The molecule has 1 aromatic rings. The number of nitrogens with zero attached hydrogens (tertiary/aromatic N) is 2. The predicted molar refractivity (Wildman–Crippen MR) is 73.0 cm³/mol. The van der Waals surface area contributed by atoms with E-state index in [9.17, 15) is 10.5 Å². The summed E-state index contributed by atoms with van der Waals surface area (Å²) in [6.45, 7) is 7.40. The van der Waals surface area contributed by atoms with E-state index in [0.717, 1.165) is 5.56 Å². The van der Waals surface area contributed by atoms with Gasteiger partial charge in [0.15, 0.2) is 5.41 Å². The van der Waals surface area contributed by atoms with Crippen LogP contribution in [0.25, 0.3) is 0 Å². The number of hydrogen-bond acceptors (Lipinski definition) is 2. The van der Waals surface area contributed by atoms with Crippen LogP contribution in [0.1, 0.15) is 25.8 Å². The molecule has 2 nitrogen and oxygen atoms in total. The van der Waals surface area contributed by atoms with Crippen molar-refractivity contribution in [3.05, 3.63) is 47.5 Å². The molecule has 0 fully saturated rings. The molecule has 0 heterocycles. The molecular weight excluding hydrogens is 244 g/mol. The van der Waals surface area contributed by atoms with Gasteiger partial charge in [0.1, 0.15) is 0 Å². The fourth-order valence-electron chi connectivity index (χ4n) is 1.99. The number of benzene rings is 1. The minimum absolute atomic E-state index is 0.319. The summed E-state index contributed by atoms with van der Waals surface area (Å²) in [7, 11) is 0. The van der Waals surface area contributed by atoms with E-state index in [1.165, 1.54) is 0 Å². The van der Waals surface area contributed by atoms with E-state index in [1.54, 1.807) is 18.2 Å². The average molecular weight is 259 g/mol. The second-order valence-corrected chi connectivity index (χ2v) is 5.19. The second kappa shape index (κ2) is 5.25. The highest BCUT2D eigenvalue weighted by Crippen LogP contribution is 2.44. The molecule has 92 valence electrons. The topological polar surface area (TPSA) is 47.6 Å². The maximum Gasteiger partial charge on any atom is 0.156 e. The first kappa shape index (κ1) is 14.3. The Morgan fingerprint density at radius 3 is 2.39 bits per heavy atom. The van der Waals surface area contributed by atoms with Crippen LogP contribution < -0.4 is 0 Å². The summed E-state index contributed by atoms with van der Waals surface area (Å²) in [4.78, 5) is 0. The highest BCUT2D eigenvalue weighted by molar-refractivity contribution is 6.30. The first-order chi connectivity index (χ1) is 8.43. The zero-order valence-corrected chi connectivity index (χ0v) is 11.3. The van der Waals surface area contributed by atoms with Gasteiger partial charge in [-0.05, 0) is 24.1 Å². The minimum atomic E-state index is -1.14. The SMILES string of the molecule is C=CCC(C#N)(C#N)C(C)(C)c1cccc(Cl)c1. The van der Waals surface area contributed by atoms with Gasteiger partial charge in [-0.2, -0.15) is 10.5 Å². The van der Waals surface area contributed by atoms with Gasteiger partial charge in [0, 0.05) is 10.4 Å². The third-order valence-corrected chi connectivity index (χ3v) is 3.68. The fraction of sp³-hybridized carbons (Fsp3) is 0.333. The predicted octanol–water partition coefficient (Wildman–Crippen LogP) is 4.23. The van der Waals surface area contributed by atoms with E-state index in [2.05, 4.69) is 18.7 Å². The number of nitriles is 2. The molecule has 0 saturated heterocycles. The quantitative estimate of drug-likeness (QED) is 0.759. The van der Waals surface area contributed by atoms with Crippen molar-refractivity contribution in [3.63, 3.8) is 0 Å². The molecule has 18 heavy (non-hydrogen) atoms. The molecule has 0 saturated carbocycles. The Morgan fingerprint density at radius 2 is 1.94 bits per heavy atom. The van der Waals surface area contributed by atoms with Crippen LogP contribution in [0.4, 0.5) is 0 Å². The summed E-state index contributed by atoms with van der Waals surface area (Å²) in [5, 5.41) is 19.4. The van der Waals surface area contributed by atoms with Crippen LogP contribution in [0.5, 0.6) is 0 Å². The van der Waals surface area contributed by atoms with Crippen LogP contribution in [0.15, 0.2) is 36.9 Å². The highest BCUT2D eigenvalue weighted by Gasteiger charge is 2.46. The molecule has 0 aliphatic heterocycles. The van der Waals surface area contributed by atoms with Crippen LogP contribution in [0, 0.1) is 28.1 Å². The largest absolute Gasteiger partial charge is 0.197 e. The Hall–Kier alpha value is -1.77. The smallest absolute Gasteiger partial charge is 0.156 e. The van der Waals surface area contributed by atoms with Crippen molar-refractivity contribution in [2.75, 3.05) is 0 Å². The van der Waals surface area contributed by atoms with E-state index in [1.807, 2.05) is 26.0 Å². The summed E-state index contributed by atoms with van der Waals surface area (Å²) in [5.74, 6) is 0. The maximum absolute atomic E-state index is 9.42. The molecule has 0 aliphatic rings. The van der Waals surface area contributed by atoms with Crippen molar-refractivity contribution in [2.24, 2.45) is 5.41 Å². The lowest BCUT2D eigenvalue weighted by molar-refractivity contribution is 0.303. The summed E-state index contributed by atoms with van der Waals surface area (Å²) >= 11 is 5.98. The van der Waals surface area contributed by atoms with Gasteiger partial charge in [-0.3, -0.25) is 0 Å². The molecule has 0 aliphatic carbocycles. The third-order valence-electron chi connectivity index (χ3n) is 3.45. The first-order valence-electron chi connectivity index (χ1n) is 5.63. The highest BCUT2D eigenvalue weighted by atomic mass is 35.5. The molecule has 0 radical (unpaired) electrons. The van der Waals surface area contributed by atoms with Crippen LogP contribution in [0.3, 0.4) is 0 Å². The Bertz CT molecular complexity index is 518. The third kappa shape index (κ3) is 2.26. The Kier molecular flexibility index (Phi) is 4.17. The van der Waals surface area contributed by atoms with E-state index in [-0.39, 0.29) is 0 Å². The van der Waals surface area contributed by atoms with Gasteiger partial charge in [-0.1, -0.05) is 43.7 Å². The van der Waals surface area contributed by atoms with Crippen LogP contribution in [-0.2, 0) is 5.41 Å².